The Hall–Kier alpha value is 3.76. The Balaban J connectivity index is 0. The summed E-state index contributed by atoms with van der Waals surface area (Å²) in [5, 5.41) is 0. The van der Waals surface area contributed by atoms with E-state index < -0.39 is 0 Å². The van der Waals surface area contributed by atoms with Crippen molar-refractivity contribution in [2.45, 2.75) is 0 Å². The zero-order valence-corrected chi connectivity index (χ0v) is 5.80. The second kappa shape index (κ2) is 15.9. The smallest absolute Gasteiger partial charge is 1.00 e. The van der Waals surface area contributed by atoms with Crippen LogP contribution in [0.4, 0.5) is 0 Å². The Morgan fingerprint density at radius 3 is 1.25 bits per heavy atom. The van der Waals surface area contributed by atoms with Gasteiger partial charge in [-0.1, -0.05) is 0 Å². The Bertz CT molecular complexity index is 11.6. The topological polar surface area (TPSA) is 0 Å². The molecule has 0 aromatic heterocycles. The third-order valence-corrected chi connectivity index (χ3v) is 0. The average Bonchev–Trinajstić information content (AvgIpc) is 0. The van der Waals surface area contributed by atoms with Gasteiger partial charge in [0.25, 0.3) is 0 Å². The molecular formula is H8EuGaGeNa. The van der Waals surface area contributed by atoms with Crippen LogP contribution in [0, 0.1) is 49.4 Å². The molecule has 0 rings (SSSR count). The maximum absolute atomic E-state index is 0. The molecule has 0 unspecified atom stereocenters. The molecule has 4 heavy (non-hydrogen) atoms. The van der Waals surface area contributed by atoms with E-state index in [4.69, 9.17) is 0 Å². The van der Waals surface area contributed by atoms with Gasteiger partial charge < -0.3 is 1.43 Å². The Kier molecular flexibility index (Phi) is 99.4. The summed E-state index contributed by atoms with van der Waals surface area (Å²) in [7, 11) is 0. The van der Waals surface area contributed by atoms with E-state index in [1.165, 1.54) is 0 Å². The van der Waals surface area contributed by atoms with Gasteiger partial charge in [-0.2, -0.15) is 0 Å². The molecule has 0 aliphatic carbocycles. The van der Waals surface area contributed by atoms with Crippen LogP contribution in [0.1, 0.15) is 1.43 Å². The van der Waals surface area contributed by atoms with Crippen LogP contribution in [0.3, 0.4) is 0 Å². The van der Waals surface area contributed by atoms with Crippen molar-refractivity contribution >= 4 is 37.4 Å². The van der Waals surface area contributed by atoms with Gasteiger partial charge in [-0.3, -0.25) is 0 Å². The van der Waals surface area contributed by atoms with Gasteiger partial charge in [-0.15, -0.1) is 0 Å². The van der Waals surface area contributed by atoms with Crippen LogP contribution in [-0.4, -0.2) is 37.4 Å². The monoisotopic (exact) mass is 327 g/mol. The SMILES string of the molecule is [Eu].[GaH3].[GeH4].[H-].[Na+]. The molecule has 0 saturated carbocycles. The third-order valence-electron chi connectivity index (χ3n) is 0. The maximum atomic E-state index is 0. The molecule has 0 fully saturated rings. The summed E-state index contributed by atoms with van der Waals surface area (Å²) in [4.78, 5) is 0. The fourth-order valence-electron chi connectivity index (χ4n) is 0. The maximum Gasteiger partial charge on any atom is 1.00 e. The minimum Gasteiger partial charge on any atom is -1.00 e. The molecule has 0 N–H and O–H groups in total. The quantitative estimate of drug-likeness (QED) is 0.390. The van der Waals surface area contributed by atoms with E-state index in [0.717, 1.165) is 0 Å². The standard InChI is InChI=1S/Eu.Ga.GeH4.Na.4H/h;;1H4;;;;;/q;;;+1;;;;-1. The molecule has 4 heteroatoms. The molecule has 0 amide bonds. The largest absolute Gasteiger partial charge is 1.00 e. The Labute approximate surface area is 115 Å². The molecule has 0 aromatic carbocycles. The second-order valence-corrected chi connectivity index (χ2v) is 0. The summed E-state index contributed by atoms with van der Waals surface area (Å²) in [5.41, 5.74) is 0. The molecule has 0 bridgehead atoms. The van der Waals surface area contributed by atoms with Crippen molar-refractivity contribution in [2.24, 2.45) is 0 Å². The number of hydrogen-bond acceptors (Lipinski definition) is 0. The normalized spacial score (nSPS) is 0. The fraction of sp³-hybridized carbons (Fsp3) is 0. The van der Waals surface area contributed by atoms with Crippen LogP contribution in [0.2, 0.25) is 0 Å². The van der Waals surface area contributed by atoms with E-state index in [1.54, 1.807) is 0 Å². The van der Waals surface area contributed by atoms with Crippen molar-refractivity contribution < 1.29 is 80.4 Å². The van der Waals surface area contributed by atoms with E-state index >= 15 is 0 Å². The van der Waals surface area contributed by atoms with Crippen molar-refractivity contribution in [1.29, 1.82) is 0 Å². The van der Waals surface area contributed by atoms with E-state index in [-0.39, 0.29) is 118 Å². The van der Waals surface area contributed by atoms with Crippen molar-refractivity contribution in [3.8, 4) is 0 Å². The zero-order chi connectivity index (χ0) is 0. The van der Waals surface area contributed by atoms with Crippen LogP contribution in [0.5, 0.6) is 0 Å². The fourth-order valence-corrected chi connectivity index (χ4v) is 0. The first kappa shape index (κ1) is 25.1. The Morgan fingerprint density at radius 1 is 1.25 bits per heavy atom. The second-order valence-electron chi connectivity index (χ2n) is 0. The molecule has 0 atom stereocenters. The molecule has 1 radical (unpaired) electrons. The van der Waals surface area contributed by atoms with Crippen molar-refractivity contribution in [1.82, 2.24) is 0 Å². The van der Waals surface area contributed by atoms with Gasteiger partial charge in [0.2, 0.25) is 0 Å². The van der Waals surface area contributed by atoms with E-state index in [9.17, 15) is 0 Å². The molecule has 0 aromatic rings. The first-order valence-electron chi connectivity index (χ1n) is 0. The van der Waals surface area contributed by atoms with Crippen molar-refractivity contribution in [2.75, 3.05) is 0 Å². The first-order valence-corrected chi connectivity index (χ1v) is 0. The predicted octanol–water partition coefficient (Wildman–Crippen LogP) is -5.52. The van der Waals surface area contributed by atoms with Crippen LogP contribution < -0.4 is 29.6 Å². The average molecular weight is 325 g/mol. The summed E-state index contributed by atoms with van der Waals surface area (Å²) < 4.78 is 0. The first-order chi connectivity index (χ1) is 0. The molecule has 0 nitrogen and oxygen atoms in total. The molecule has 0 aliphatic heterocycles. The molecule has 0 aliphatic rings. The van der Waals surface area contributed by atoms with Gasteiger partial charge in [0.15, 0.2) is 0 Å². The zero-order valence-electron chi connectivity index (χ0n) is 2.38. The van der Waals surface area contributed by atoms with Gasteiger partial charge in [-0.05, 0) is 0 Å². The van der Waals surface area contributed by atoms with Gasteiger partial charge in [-0.25, -0.2) is 0 Å². The molecular weight excluding hydrogens is 317 g/mol. The summed E-state index contributed by atoms with van der Waals surface area (Å²) >= 11 is 0. The van der Waals surface area contributed by atoms with Crippen LogP contribution >= 0.6 is 0 Å². The minimum atomic E-state index is 0. The van der Waals surface area contributed by atoms with Gasteiger partial charge >= 0.3 is 66.9 Å². The number of hydrogen-bond donors (Lipinski definition) is 0. The van der Waals surface area contributed by atoms with Crippen LogP contribution in [0.25, 0.3) is 0 Å². The summed E-state index contributed by atoms with van der Waals surface area (Å²) in [6.45, 7) is 0. The van der Waals surface area contributed by atoms with E-state index in [2.05, 4.69) is 0 Å². The van der Waals surface area contributed by atoms with Gasteiger partial charge in [0.05, 0.1) is 0 Å². The predicted molar refractivity (Wildman–Crippen MR) is 22.4 cm³/mol. The minimum absolute atomic E-state index is 0. The van der Waals surface area contributed by atoms with E-state index in [1.807, 2.05) is 0 Å². The molecule has 23 valence electrons. The van der Waals surface area contributed by atoms with Crippen LogP contribution in [-0.2, 0) is 0 Å². The number of rotatable bonds is 0. The summed E-state index contributed by atoms with van der Waals surface area (Å²) in [6.07, 6.45) is 0. The van der Waals surface area contributed by atoms with Crippen LogP contribution in [0.15, 0.2) is 0 Å². The summed E-state index contributed by atoms with van der Waals surface area (Å²) in [5.74, 6) is 0. The van der Waals surface area contributed by atoms with Gasteiger partial charge in [0.1, 0.15) is 0 Å². The molecule has 0 saturated heterocycles. The van der Waals surface area contributed by atoms with Gasteiger partial charge in [0, 0.05) is 49.4 Å². The summed E-state index contributed by atoms with van der Waals surface area (Å²) in [6, 6.07) is 0. The van der Waals surface area contributed by atoms with Crippen molar-refractivity contribution in [3.63, 3.8) is 0 Å². The molecule has 0 heterocycles. The Morgan fingerprint density at radius 2 is 1.25 bits per heavy atom. The van der Waals surface area contributed by atoms with E-state index in [0.29, 0.717) is 0 Å². The molecule has 0 spiro atoms. The third kappa shape index (κ3) is 9.23. The van der Waals surface area contributed by atoms with Crippen molar-refractivity contribution in [3.05, 3.63) is 0 Å².